The lowest BCUT2D eigenvalue weighted by Crippen LogP contribution is -2.65. The zero-order chi connectivity index (χ0) is 28.2. The molecule has 1 rings (SSSR count). The number of hydrogen-bond acceptors (Lipinski definition) is 9. The van der Waals surface area contributed by atoms with Gasteiger partial charge in [-0.05, 0) is 46.2 Å². The maximum Gasteiger partial charge on any atom is 0.407 e. The number of unbranched alkanes of at least 4 members (excludes halogenated alkanes) is 3. The van der Waals surface area contributed by atoms with E-state index >= 15 is 0 Å². The van der Waals surface area contributed by atoms with Crippen LogP contribution in [0, 0.1) is 5.41 Å². The van der Waals surface area contributed by atoms with E-state index in [0.717, 1.165) is 31.9 Å². The van der Waals surface area contributed by atoms with E-state index in [-0.39, 0.29) is 5.54 Å². The summed E-state index contributed by atoms with van der Waals surface area (Å²) in [4.78, 5) is 36.0. The molecule has 14 nitrogen and oxygen atoms in total. The van der Waals surface area contributed by atoms with Crippen LogP contribution in [0.2, 0.25) is 0 Å². The van der Waals surface area contributed by atoms with Gasteiger partial charge in [-0.15, -0.1) is 0 Å². The van der Waals surface area contributed by atoms with Gasteiger partial charge in [-0.2, -0.15) is 0 Å². The molecule has 5 atom stereocenters. The van der Waals surface area contributed by atoms with Crippen molar-refractivity contribution in [3.05, 3.63) is 11.8 Å². The van der Waals surface area contributed by atoms with Crippen LogP contribution in [0.15, 0.2) is 11.8 Å². The SMILES string of the molecule is CC(=O)N[C@H]1C([C@@H](OC(=O)NCCCCCCNC(C)(C)C)[C@H](O)CO)OC(C(=O)O)=C[C@@H]1NC(=N)N. The van der Waals surface area contributed by atoms with Crippen LogP contribution >= 0.6 is 0 Å². The van der Waals surface area contributed by atoms with Gasteiger partial charge in [0, 0.05) is 19.0 Å². The van der Waals surface area contributed by atoms with Gasteiger partial charge in [0.15, 0.2) is 18.2 Å². The third-order valence-corrected chi connectivity index (χ3v) is 5.40. The van der Waals surface area contributed by atoms with Crippen LogP contribution in [0.5, 0.6) is 0 Å². The van der Waals surface area contributed by atoms with Crippen molar-refractivity contribution >= 4 is 23.9 Å². The Bertz CT molecular complexity index is 816. The number of carboxylic acid groups (broad SMARTS) is 1. The Morgan fingerprint density at radius 2 is 1.78 bits per heavy atom. The number of aliphatic carboxylic acids is 1. The van der Waals surface area contributed by atoms with Gasteiger partial charge in [-0.1, -0.05) is 12.8 Å². The Kier molecular flexibility index (Phi) is 13.1. The molecule has 10 N–H and O–H groups in total. The van der Waals surface area contributed by atoms with Crippen LogP contribution < -0.4 is 27.0 Å². The average molecular weight is 531 g/mol. The molecule has 0 saturated heterocycles. The number of alkyl carbamates (subject to hydrolysis) is 1. The third kappa shape index (κ3) is 12.1. The lowest BCUT2D eigenvalue weighted by atomic mass is 9.92. The smallest absolute Gasteiger partial charge is 0.407 e. The molecular formula is C23H42N6O8. The zero-order valence-electron chi connectivity index (χ0n) is 21.9. The Morgan fingerprint density at radius 1 is 1.16 bits per heavy atom. The summed E-state index contributed by atoms with van der Waals surface area (Å²) in [6.07, 6.45) is -1.00. The first kappa shape index (κ1) is 31.9. The molecule has 0 aromatic carbocycles. The lowest BCUT2D eigenvalue weighted by Gasteiger charge is -2.41. The van der Waals surface area contributed by atoms with Crippen molar-refractivity contribution < 1.29 is 39.2 Å². The number of amides is 2. The minimum absolute atomic E-state index is 0.0607. The standard InChI is InChI=1S/C23H42N6O8/c1-13(31)28-17-14(29-21(24)25)11-16(20(33)34)36-19(17)18(15(32)12-30)37-22(35)26-9-7-5-6-8-10-27-23(2,3)4/h11,14-15,17-19,27,30,32H,5-10,12H2,1-4H3,(H,26,35)(H,28,31)(H,33,34)(H4,24,25,29)/t14-,15+,17+,18-,19?/m0/s1. The molecule has 0 aromatic rings. The second kappa shape index (κ2) is 15.2. The molecule has 1 aliphatic rings. The molecule has 212 valence electrons. The number of ether oxygens (including phenoxy) is 2. The number of rotatable bonds is 14. The van der Waals surface area contributed by atoms with Crippen LogP contribution in [0.3, 0.4) is 0 Å². The fraction of sp³-hybridized carbons (Fsp3) is 0.739. The van der Waals surface area contributed by atoms with Crippen molar-refractivity contribution in [2.24, 2.45) is 5.73 Å². The van der Waals surface area contributed by atoms with E-state index < -0.39 is 66.7 Å². The first-order valence-electron chi connectivity index (χ1n) is 12.2. The quantitative estimate of drug-likeness (QED) is 0.0759. The van der Waals surface area contributed by atoms with Gasteiger partial charge in [0.05, 0.1) is 18.7 Å². The lowest BCUT2D eigenvalue weighted by molar-refractivity contribution is -0.146. The summed E-state index contributed by atoms with van der Waals surface area (Å²) in [5.74, 6) is -3.11. The second-order valence-corrected chi connectivity index (χ2v) is 9.87. The molecule has 0 radical (unpaired) electrons. The molecule has 0 bridgehead atoms. The number of carbonyl (C=O) groups excluding carboxylic acids is 2. The average Bonchev–Trinajstić information content (AvgIpc) is 2.78. The fourth-order valence-corrected chi connectivity index (χ4v) is 3.73. The predicted octanol–water partition coefficient (Wildman–Crippen LogP) is -0.893. The van der Waals surface area contributed by atoms with E-state index in [4.69, 9.17) is 20.6 Å². The van der Waals surface area contributed by atoms with E-state index in [1.807, 2.05) is 0 Å². The number of guanidine groups is 1. The van der Waals surface area contributed by atoms with Crippen molar-refractivity contribution in [2.45, 2.75) is 89.3 Å². The number of nitrogens with one attached hydrogen (secondary N) is 5. The topological polar surface area (TPSA) is 228 Å². The molecule has 2 amide bonds. The highest BCUT2D eigenvalue weighted by atomic mass is 16.6. The first-order chi connectivity index (χ1) is 17.2. The largest absolute Gasteiger partial charge is 0.477 e. The number of carboxylic acids is 1. The van der Waals surface area contributed by atoms with Crippen LogP contribution in [-0.4, -0.2) is 94.9 Å². The molecule has 0 fully saturated rings. The number of aliphatic hydroxyl groups is 2. The Labute approximate surface area is 216 Å². The summed E-state index contributed by atoms with van der Waals surface area (Å²) in [5, 5.41) is 48.0. The highest BCUT2D eigenvalue weighted by Gasteiger charge is 2.46. The first-order valence-corrected chi connectivity index (χ1v) is 12.2. The molecule has 0 spiro atoms. The summed E-state index contributed by atoms with van der Waals surface area (Å²) in [6.45, 7) is 7.83. The van der Waals surface area contributed by atoms with E-state index in [1.54, 1.807) is 0 Å². The minimum atomic E-state index is -1.67. The summed E-state index contributed by atoms with van der Waals surface area (Å²) in [6, 6.07) is -2.18. The monoisotopic (exact) mass is 530 g/mol. The van der Waals surface area contributed by atoms with Gasteiger partial charge in [0.2, 0.25) is 11.7 Å². The van der Waals surface area contributed by atoms with E-state index in [9.17, 15) is 29.7 Å². The van der Waals surface area contributed by atoms with Crippen LogP contribution in [0.4, 0.5) is 4.79 Å². The Balaban J connectivity index is 2.86. The molecule has 1 heterocycles. The third-order valence-electron chi connectivity index (χ3n) is 5.40. The maximum atomic E-state index is 12.5. The fourth-order valence-electron chi connectivity index (χ4n) is 3.73. The van der Waals surface area contributed by atoms with Crippen LogP contribution in [0.1, 0.15) is 53.4 Å². The maximum absolute atomic E-state index is 12.5. The summed E-state index contributed by atoms with van der Waals surface area (Å²) >= 11 is 0. The second-order valence-electron chi connectivity index (χ2n) is 9.87. The Morgan fingerprint density at radius 3 is 2.30 bits per heavy atom. The van der Waals surface area contributed by atoms with Gasteiger partial charge < -0.3 is 51.8 Å². The van der Waals surface area contributed by atoms with Crippen molar-refractivity contribution in [3.63, 3.8) is 0 Å². The van der Waals surface area contributed by atoms with Crippen LogP contribution in [0.25, 0.3) is 0 Å². The molecule has 0 aliphatic carbocycles. The zero-order valence-corrected chi connectivity index (χ0v) is 21.9. The summed E-state index contributed by atoms with van der Waals surface area (Å²) in [7, 11) is 0. The van der Waals surface area contributed by atoms with Gasteiger partial charge in [0.25, 0.3) is 0 Å². The molecule has 1 unspecified atom stereocenters. The summed E-state index contributed by atoms with van der Waals surface area (Å²) in [5.41, 5.74) is 5.47. The molecule has 0 saturated carbocycles. The van der Waals surface area contributed by atoms with Crippen molar-refractivity contribution in [2.75, 3.05) is 19.7 Å². The van der Waals surface area contributed by atoms with E-state index in [2.05, 4.69) is 42.0 Å². The van der Waals surface area contributed by atoms with Gasteiger partial charge in [0.1, 0.15) is 6.10 Å². The van der Waals surface area contributed by atoms with Gasteiger partial charge in [-0.25, -0.2) is 9.59 Å². The highest BCUT2D eigenvalue weighted by molar-refractivity contribution is 5.85. The number of aliphatic hydroxyl groups excluding tert-OH is 2. The van der Waals surface area contributed by atoms with Gasteiger partial charge in [-0.3, -0.25) is 10.2 Å². The predicted molar refractivity (Wildman–Crippen MR) is 135 cm³/mol. The normalized spacial score (nSPS) is 21.0. The number of carbonyl (C=O) groups is 3. The van der Waals surface area contributed by atoms with Crippen molar-refractivity contribution in [1.29, 1.82) is 5.41 Å². The van der Waals surface area contributed by atoms with Crippen molar-refractivity contribution in [1.82, 2.24) is 21.3 Å². The highest BCUT2D eigenvalue weighted by Crippen LogP contribution is 2.25. The number of hydrogen-bond donors (Lipinski definition) is 9. The summed E-state index contributed by atoms with van der Waals surface area (Å²) < 4.78 is 10.8. The minimum Gasteiger partial charge on any atom is -0.477 e. The molecule has 0 aromatic heterocycles. The molecular weight excluding hydrogens is 488 g/mol. The van der Waals surface area contributed by atoms with Gasteiger partial charge >= 0.3 is 12.1 Å². The molecule has 14 heteroatoms. The van der Waals surface area contributed by atoms with E-state index in [1.165, 1.54) is 6.92 Å². The van der Waals surface area contributed by atoms with E-state index in [0.29, 0.717) is 13.0 Å². The molecule has 1 aliphatic heterocycles. The number of nitrogens with two attached hydrogens (primary N) is 1. The van der Waals surface area contributed by atoms with Crippen LogP contribution in [-0.2, 0) is 19.1 Å². The van der Waals surface area contributed by atoms with Crippen molar-refractivity contribution in [3.8, 4) is 0 Å². The molecule has 37 heavy (non-hydrogen) atoms. The Hall–Kier alpha value is -3.10.